The highest BCUT2D eigenvalue weighted by Crippen LogP contribution is 2.13. The highest BCUT2D eigenvalue weighted by molar-refractivity contribution is 5.75. The molecule has 11 heavy (non-hydrogen) atoms. The van der Waals surface area contributed by atoms with Crippen molar-refractivity contribution in [1.29, 1.82) is 10.5 Å². The summed E-state index contributed by atoms with van der Waals surface area (Å²) in [6.45, 7) is 3.20. The molecule has 0 aromatic heterocycles. The largest absolute Gasteiger partial charge is 0.300 e. The van der Waals surface area contributed by atoms with Crippen LogP contribution in [0.25, 0.3) is 0 Å². The molecule has 1 atom stereocenters. The molecular weight excluding hydrogens is 140 g/mol. The van der Waals surface area contributed by atoms with Crippen LogP contribution in [0.5, 0.6) is 0 Å². The Kier molecular flexibility index (Phi) is 3.92. The fourth-order valence-corrected chi connectivity index (χ4v) is 0.855. The predicted octanol–water partition coefficient (Wildman–Crippen LogP) is 1.26. The zero-order chi connectivity index (χ0) is 8.85. The van der Waals surface area contributed by atoms with Crippen LogP contribution in [0.4, 0.5) is 0 Å². The van der Waals surface area contributed by atoms with E-state index < -0.39 is 5.92 Å². The molecule has 0 aromatic carbocycles. The average Bonchev–Trinajstić information content (AvgIpc) is 1.88. The van der Waals surface area contributed by atoms with Gasteiger partial charge in [0.05, 0.1) is 12.1 Å². The highest BCUT2D eigenvalue weighted by atomic mass is 16.1. The van der Waals surface area contributed by atoms with Crippen LogP contribution in [-0.2, 0) is 4.79 Å². The van der Waals surface area contributed by atoms with Gasteiger partial charge < -0.3 is 4.79 Å². The lowest BCUT2D eigenvalue weighted by Crippen LogP contribution is -2.10. The molecule has 1 unspecified atom stereocenters. The van der Waals surface area contributed by atoms with Gasteiger partial charge in [-0.2, -0.15) is 10.5 Å². The van der Waals surface area contributed by atoms with Crippen molar-refractivity contribution in [2.24, 2.45) is 11.8 Å². The van der Waals surface area contributed by atoms with Crippen molar-refractivity contribution in [2.75, 3.05) is 0 Å². The first-order chi connectivity index (χ1) is 5.11. The number of carbonyl (C=O) groups is 1. The van der Waals surface area contributed by atoms with E-state index >= 15 is 0 Å². The maximum atomic E-state index is 10.6. The molecule has 3 heteroatoms. The average molecular weight is 150 g/mol. The topological polar surface area (TPSA) is 64.7 Å². The molecule has 0 saturated carbocycles. The van der Waals surface area contributed by atoms with E-state index in [-0.39, 0.29) is 11.7 Å². The first-order valence-corrected chi connectivity index (χ1v) is 3.40. The van der Waals surface area contributed by atoms with E-state index in [2.05, 4.69) is 0 Å². The normalized spacial score (nSPS) is 11.7. The van der Waals surface area contributed by atoms with Gasteiger partial charge in [0.15, 0.2) is 0 Å². The quantitative estimate of drug-likeness (QED) is 0.608. The van der Waals surface area contributed by atoms with Crippen LogP contribution in [0.1, 0.15) is 20.3 Å². The predicted molar refractivity (Wildman–Crippen MR) is 39.2 cm³/mol. The van der Waals surface area contributed by atoms with Crippen molar-refractivity contribution in [3.63, 3.8) is 0 Å². The Bertz CT molecular complexity index is 207. The molecule has 3 nitrogen and oxygen atoms in total. The standard InChI is InChI=1S/C8H10N2O/c1-6(3-7(2)11)8(4-9)5-10/h6,8H,3H2,1-2H3. The van der Waals surface area contributed by atoms with Crippen LogP contribution in [0.15, 0.2) is 0 Å². The molecular formula is C8H10N2O. The van der Waals surface area contributed by atoms with Crippen LogP contribution in [0.2, 0.25) is 0 Å². The van der Waals surface area contributed by atoms with Crippen molar-refractivity contribution in [3.05, 3.63) is 0 Å². The molecule has 0 N–H and O–H groups in total. The van der Waals surface area contributed by atoms with Crippen LogP contribution in [-0.4, -0.2) is 5.78 Å². The molecule has 0 aliphatic heterocycles. The Morgan fingerprint density at radius 2 is 1.91 bits per heavy atom. The second kappa shape index (κ2) is 4.46. The lowest BCUT2D eigenvalue weighted by Gasteiger charge is -2.07. The molecule has 0 rings (SSSR count). The summed E-state index contributed by atoms with van der Waals surface area (Å²) in [7, 11) is 0. The van der Waals surface area contributed by atoms with E-state index in [0.717, 1.165) is 0 Å². The maximum Gasteiger partial charge on any atom is 0.136 e. The number of hydrogen-bond donors (Lipinski definition) is 0. The summed E-state index contributed by atoms with van der Waals surface area (Å²) in [6.07, 6.45) is 0.311. The Morgan fingerprint density at radius 3 is 2.18 bits per heavy atom. The summed E-state index contributed by atoms with van der Waals surface area (Å²) in [5.41, 5.74) is 0. The molecule has 0 saturated heterocycles. The third kappa shape index (κ3) is 3.37. The summed E-state index contributed by atoms with van der Waals surface area (Å²) in [5, 5.41) is 16.9. The Balaban J connectivity index is 4.04. The summed E-state index contributed by atoms with van der Waals surface area (Å²) < 4.78 is 0. The molecule has 0 amide bonds. The number of nitrogens with zero attached hydrogens (tertiary/aromatic N) is 2. The Labute approximate surface area is 66.2 Å². The van der Waals surface area contributed by atoms with E-state index in [1.165, 1.54) is 6.92 Å². The first kappa shape index (κ1) is 9.65. The number of carbonyl (C=O) groups excluding carboxylic acids is 1. The van der Waals surface area contributed by atoms with Gasteiger partial charge in [-0.1, -0.05) is 6.92 Å². The number of hydrogen-bond acceptors (Lipinski definition) is 3. The fraction of sp³-hybridized carbons (Fsp3) is 0.625. The molecule has 0 aliphatic rings. The number of Topliss-reactive ketones (excluding diaryl/α,β-unsaturated/α-hetero) is 1. The molecule has 58 valence electrons. The molecule has 0 fully saturated rings. The molecule has 0 spiro atoms. The minimum Gasteiger partial charge on any atom is -0.300 e. The van der Waals surface area contributed by atoms with Gasteiger partial charge in [-0.25, -0.2) is 0 Å². The molecule has 0 bridgehead atoms. The SMILES string of the molecule is CC(=O)CC(C)C(C#N)C#N. The number of nitriles is 2. The minimum absolute atomic E-state index is 0.0213. The maximum absolute atomic E-state index is 10.6. The second-order valence-corrected chi connectivity index (χ2v) is 2.62. The summed E-state index contributed by atoms with van der Waals surface area (Å²) in [4.78, 5) is 10.6. The Morgan fingerprint density at radius 1 is 1.45 bits per heavy atom. The van der Waals surface area contributed by atoms with Gasteiger partial charge in [-0.15, -0.1) is 0 Å². The van der Waals surface area contributed by atoms with E-state index in [0.29, 0.717) is 6.42 Å². The zero-order valence-electron chi connectivity index (χ0n) is 6.66. The van der Waals surface area contributed by atoms with Crippen molar-refractivity contribution >= 4 is 5.78 Å². The monoisotopic (exact) mass is 150 g/mol. The van der Waals surface area contributed by atoms with Crippen LogP contribution in [0, 0.1) is 34.5 Å². The molecule has 0 radical (unpaired) electrons. The molecule has 0 heterocycles. The fourth-order valence-electron chi connectivity index (χ4n) is 0.855. The van der Waals surface area contributed by atoms with Gasteiger partial charge in [0.25, 0.3) is 0 Å². The third-order valence-electron chi connectivity index (χ3n) is 1.46. The number of rotatable bonds is 3. The van der Waals surface area contributed by atoms with Crippen molar-refractivity contribution in [1.82, 2.24) is 0 Å². The molecule has 0 aromatic rings. The zero-order valence-corrected chi connectivity index (χ0v) is 6.66. The van der Waals surface area contributed by atoms with Gasteiger partial charge in [-0.3, -0.25) is 0 Å². The van der Waals surface area contributed by atoms with Crippen molar-refractivity contribution < 1.29 is 4.79 Å². The smallest absolute Gasteiger partial charge is 0.136 e. The van der Waals surface area contributed by atoms with Gasteiger partial charge in [0.2, 0.25) is 0 Å². The van der Waals surface area contributed by atoms with E-state index in [9.17, 15) is 4.79 Å². The third-order valence-corrected chi connectivity index (χ3v) is 1.46. The summed E-state index contributed by atoms with van der Waals surface area (Å²) in [5.74, 6) is -0.783. The first-order valence-electron chi connectivity index (χ1n) is 3.40. The van der Waals surface area contributed by atoms with Crippen LogP contribution < -0.4 is 0 Å². The lowest BCUT2D eigenvalue weighted by molar-refractivity contribution is -0.117. The van der Waals surface area contributed by atoms with E-state index in [1.54, 1.807) is 6.92 Å². The summed E-state index contributed by atoms with van der Waals surface area (Å²) >= 11 is 0. The highest BCUT2D eigenvalue weighted by Gasteiger charge is 2.16. The van der Waals surface area contributed by atoms with Crippen LogP contribution >= 0.6 is 0 Å². The summed E-state index contributed by atoms with van der Waals surface area (Å²) in [6, 6.07) is 3.69. The van der Waals surface area contributed by atoms with E-state index in [1.807, 2.05) is 12.1 Å². The lowest BCUT2D eigenvalue weighted by atomic mass is 9.92. The van der Waals surface area contributed by atoms with Crippen molar-refractivity contribution in [3.8, 4) is 12.1 Å². The number of ketones is 1. The Hall–Kier alpha value is -1.35. The minimum atomic E-state index is -0.654. The van der Waals surface area contributed by atoms with Crippen LogP contribution in [0.3, 0.4) is 0 Å². The van der Waals surface area contributed by atoms with Gasteiger partial charge in [0, 0.05) is 6.42 Å². The van der Waals surface area contributed by atoms with Gasteiger partial charge >= 0.3 is 0 Å². The second-order valence-electron chi connectivity index (χ2n) is 2.62. The van der Waals surface area contributed by atoms with Crippen molar-refractivity contribution in [2.45, 2.75) is 20.3 Å². The van der Waals surface area contributed by atoms with Gasteiger partial charge in [0.1, 0.15) is 11.7 Å². The van der Waals surface area contributed by atoms with E-state index in [4.69, 9.17) is 10.5 Å². The van der Waals surface area contributed by atoms with Gasteiger partial charge in [-0.05, 0) is 12.8 Å². The molecule has 0 aliphatic carbocycles.